The van der Waals surface area contributed by atoms with Crippen molar-refractivity contribution < 1.29 is 4.79 Å². The first-order chi connectivity index (χ1) is 12.3. The van der Waals surface area contributed by atoms with E-state index in [0.717, 1.165) is 35.5 Å². The molecule has 0 radical (unpaired) electrons. The van der Waals surface area contributed by atoms with Crippen LogP contribution in [0.1, 0.15) is 16.7 Å². The maximum Gasteiger partial charge on any atom is 0.248 e. The fourth-order valence-corrected chi connectivity index (χ4v) is 2.92. The second-order valence-corrected chi connectivity index (χ2v) is 5.86. The lowest BCUT2D eigenvalue weighted by Gasteiger charge is -2.05. The SMILES string of the molecule is O=C(/C=C/c1cnccc1-c1cn[nH]c1)Nc1ccc2c(c1)CNC2. The highest BCUT2D eigenvalue weighted by Gasteiger charge is 2.10. The van der Waals surface area contributed by atoms with E-state index >= 15 is 0 Å². The molecule has 4 rings (SSSR count). The molecule has 124 valence electrons. The van der Waals surface area contributed by atoms with E-state index in [1.807, 2.05) is 30.5 Å². The molecule has 0 bridgehead atoms. The smallest absolute Gasteiger partial charge is 0.248 e. The van der Waals surface area contributed by atoms with Gasteiger partial charge in [-0.3, -0.25) is 14.9 Å². The third kappa shape index (κ3) is 3.34. The summed E-state index contributed by atoms with van der Waals surface area (Å²) in [6.45, 7) is 1.74. The number of aromatic amines is 1. The third-order valence-electron chi connectivity index (χ3n) is 4.18. The summed E-state index contributed by atoms with van der Waals surface area (Å²) in [5.74, 6) is -0.173. The number of rotatable bonds is 4. The van der Waals surface area contributed by atoms with Crippen molar-refractivity contribution in [2.75, 3.05) is 5.32 Å². The van der Waals surface area contributed by atoms with Crippen LogP contribution in [0, 0.1) is 0 Å². The van der Waals surface area contributed by atoms with Crippen LogP contribution in [0.15, 0.2) is 55.1 Å². The molecule has 25 heavy (non-hydrogen) atoms. The first kappa shape index (κ1) is 15.3. The normalized spacial score (nSPS) is 13.1. The molecule has 6 nitrogen and oxygen atoms in total. The number of benzene rings is 1. The molecule has 0 fully saturated rings. The Bertz CT molecular complexity index is 931. The summed E-state index contributed by atoms with van der Waals surface area (Å²) in [4.78, 5) is 16.4. The summed E-state index contributed by atoms with van der Waals surface area (Å²) >= 11 is 0. The Balaban J connectivity index is 1.50. The highest BCUT2D eigenvalue weighted by Crippen LogP contribution is 2.23. The zero-order valence-corrected chi connectivity index (χ0v) is 13.5. The van der Waals surface area contributed by atoms with Gasteiger partial charge in [0.15, 0.2) is 0 Å². The lowest BCUT2D eigenvalue weighted by Crippen LogP contribution is -2.08. The Morgan fingerprint density at radius 2 is 2.08 bits per heavy atom. The molecule has 1 aromatic carbocycles. The van der Waals surface area contributed by atoms with E-state index in [2.05, 4.69) is 25.8 Å². The standard InChI is InChI=1S/C19H17N5O/c25-19(24-17-3-1-13-8-21-10-15(13)7-17)4-2-14-9-20-6-5-18(14)16-11-22-23-12-16/h1-7,9,11-12,21H,8,10H2,(H,22,23)(H,24,25)/b4-2+. The van der Waals surface area contributed by atoms with Crippen molar-refractivity contribution in [2.24, 2.45) is 0 Å². The molecule has 3 heterocycles. The summed E-state index contributed by atoms with van der Waals surface area (Å²) in [5.41, 5.74) is 6.10. The molecule has 3 aromatic rings. The number of anilines is 1. The molecule has 0 saturated heterocycles. The topological polar surface area (TPSA) is 82.7 Å². The molecule has 0 spiro atoms. The molecular formula is C19H17N5O. The van der Waals surface area contributed by atoms with Crippen molar-refractivity contribution >= 4 is 17.7 Å². The number of nitrogens with one attached hydrogen (secondary N) is 3. The molecule has 0 unspecified atom stereocenters. The van der Waals surface area contributed by atoms with Gasteiger partial charge in [0.1, 0.15) is 0 Å². The van der Waals surface area contributed by atoms with Crippen LogP contribution < -0.4 is 10.6 Å². The maximum atomic E-state index is 12.2. The lowest BCUT2D eigenvalue weighted by atomic mass is 10.0. The number of carbonyl (C=O) groups is 1. The maximum absolute atomic E-state index is 12.2. The number of hydrogen-bond acceptors (Lipinski definition) is 4. The van der Waals surface area contributed by atoms with Crippen LogP contribution >= 0.6 is 0 Å². The molecule has 0 aliphatic carbocycles. The van der Waals surface area contributed by atoms with Crippen LogP contribution in [0.3, 0.4) is 0 Å². The number of hydrogen-bond donors (Lipinski definition) is 3. The quantitative estimate of drug-likeness (QED) is 0.642. The lowest BCUT2D eigenvalue weighted by molar-refractivity contribution is -0.111. The third-order valence-corrected chi connectivity index (χ3v) is 4.18. The fourth-order valence-electron chi connectivity index (χ4n) is 2.92. The minimum atomic E-state index is -0.173. The summed E-state index contributed by atoms with van der Waals surface area (Å²) in [5, 5.41) is 13.0. The summed E-state index contributed by atoms with van der Waals surface area (Å²) in [6.07, 6.45) is 10.3. The van der Waals surface area contributed by atoms with Gasteiger partial charge in [0.05, 0.1) is 6.20 Å². The zero-order valence-electron chi connectivity index (χ0n) is 13.5. The number of pyridine rings is 1. The average Bonchev–Trinajstić information content (AvgIpc) is 3.31. The van der Waals surface area contributed by atoms with Gasteiger partial charge in [0, 0.05) is 54.6 Å². The fraction of sp³-hybridized carbons (Fsp3) is 0.105. The van der Waals surface area contributed by atoms with E-state index in [9.17, 15) is 4.79 Å². The molecule has 1 aliphatic heterocycles. The monoisotopic (exact) mass is 331 g/mol. The molecule has 3 N–H and O–H groups in total. The second kappa shape index (κ2) is 6.70. The van der Waals surface area contributed by atoms with Crippen molar-refractivity contribution in [2.45, 2.75) is 13.1 Å². The number of amides is 1. The van der Waals surface area contributed by atoms with Gasteiger partial charge in [-0.1, -0.05) is 6.07 Å². The van der Waals surface area contributed by atoms with Gasteiger partial charge >= 0.3 is 0 Å². The van der Waals surface area contributed by atoms with Crippen molar-refractivity contribution in [3.8, 4) is 11.1 Å². The number of aromatic nitrogens is 3. The summed E-state index contributed by atoms with van der Waals surface area (Å²) in [6, 6.07) is 7.89. The average molecular weight is 331 g/mol. The van der Waals surface area contributed by atoms with E-state index in [0.29, 0.717) is 0 Å². The summed E-state index contributed by atoms with van der Waals surface area (Å²) < 4.78 is 0. The van der Waals surface area contributed by atoms with E-state index in [1.54, 1.807) is 24.7 Å². The van der Waals surface area contributed by atoms with Gasteiger partial charge in [-0.05, 0) is 41.0 Å². The van der Waals surface area contributed by atoms with Gasteiger partial charge in [-0.15, -0.1) is 0 Å². The number of nitrogens with zero attached hydrogens (tertiary/aromatic N) is 2. The Kier molecular flexibility index (Phi) is 4.10. The second-order valence-electron chi connectivity index (χ2n) is 5.86. The first-order valence-corrected chi connectivity index (χ1v) is 8.04. The van der Waals surface area contributed by atoms with Gasteiger partial charge in [0.2, 0.25) is 5.91 Å². The van der Waals surface area contributed by atoms with Gasteiger partial charge < -0.3 is 10.6 Å². The molecular weight excluding hydrogens is 314 g/mol. The van der Waals surface area contributed by atoms with Crippen LogP contribution in [0.4, 0.5) is 5.69 Å². The Labute approximate surface area is 145 Å². The molecule has 0 atom stereocenters. The number of fused-ring (bicyclic) bond motifs is 1. The Morgan fingerprint density at radius 1 is 1.16 bits per heavy atom. The molecule has 6 heteroatoms. The zero-order chi connectivity index (χ0) is 17.1. The number of carbonyl (C=O) groups excluding carboxylic acids is 1. The predicted molar refractivity (Wildman–Crippen MR) is 96.5 cm³/mol. The Morgan fingerprint density at radius 3 is 2.96 bits per heavy atom. The van der Waals surface area contributed by atoms with Crippen molar-refractivity contribution in [1.82, 2.24) is 20.5 Å². The van der Waals surface area contributed by atoms with Gasteiger partial charge in [0.25, 0.3) is 0 Å². The molecule has 1 amide bonds. The van der Waals surface area contributed by atoms with Gasteiger partial charge in [-0.25, -0.2) is 0 Å². The van der Waals surface area contributed by atoms with Gasteiger partial charge in [-0.2, -0.15) is 5.10 Å². The first-order valence-electron chi connectivity index (χ1n) is 8.04. The summed E-state index contributed by atoms with van der Waals surface area (Å²) in [7, 11) is 0. The van der Waals surface area contributed by atoms with Crippen LogP contribution in [-0.4, -0.2) is 21.1 Å². The largest absolute Gasteiger partial charge is 0.323 e. The Hall–Kier alpha value is -3.25. The van der Waals surface area contributed by atoms with E-state index in [-0.39, 0.29) is 5.91 Å². The van der Waals surface area contributed by atoms with Crippen LogP contribution in [0.5, 0.6) is 0 Å². The van der Waals surface area contributed by atoms with E-state index in [4.69, 9.17) is 0 Å². The van der Waals surface area contributed by atoms with E-state index < -0.39 is 0 Å². The molecule has 0 saturated carbocycles. The molecule has 2 aromatic heterocycles. The van der Waals surface area contributed by atoms with Crippen LogP contribution in [0.25, 0.3) is 17.2 Å². The van der Waals surface area contributed by atoms with Crippen LogP contribution in [0.2, 0.25) is 0 Å². The predicted octanol–water partition coefficient (Wildman–Crippen LogP) is 2.73. The van der Waals surface area contributed by atoms with Crippen molar-refractivity contribution in [1.29, 1.82) is 0 Å². The van der Waals surface area contributed by atoms with Crippen LogP contribution in [-0.2, 0) is 17.9 Å². The molecule has 1 aliphatic rings. The van der Waals surface area contributed by atoms with E-state index in [1.165, 1.54) is 17.2 Å². The minimum absolute atomic E-state index is 0.173. The highest BCUT2D eigenvalue weighted by atomic mass is 16.1. The van der Waals surface area contributed by atoms with Crippen molar-refractivity contribution in [3.05, 3.63) is 71.8 Å². The minimum Gasteiger partial charge on any atom is -0.323 e. The highest BCUT2D eigenvalue weighted by molar-refractivity contribution is 6.02. The van der Waals surface area contributed by atoms with Crippen molar-refractivity contribution in [3.63, 3.8) is 0 Å². The number of H-pyrrole nitrogens is 1.